The maximum atomic E-state index is 13.1. The predicted molar refractivity (Wildman–Crippen MR) is 44.7 cm³/mol. The molecule has 0 heterocycles. The van der Waals surface area contributed by atoms with Gasteiger partial charge in [-0.15, -0.1) is 0 Å². The summed E-state index contributed by atoms with van der Waals surface area (Å²) in [4.78, 5) is 0. The third kappa shape index (κ3) is 1.33. The Morgan fingerprint density at radius 2 is 1.93 bits per heavy atom. The number of halogens is 4. The highest BCUT2D eigenvalue weighted by molar-refractivity contribution is 5.39. The van der Waals surface area contributed by atoms with Crippen LogP contribution < -0.4 is 0 Å². The summed E-state index contributed by atoms with van der Waals surface area (Å²) < 4.78 is 50.9. The second kappa shape index (κ2) is 2.95. The first kappa shape index (κ1) is 10.4. The lowest BCUT2D eigenvalue weighted by Gasteiger charge is -2.26. The first-order valence-corrected chi connectivity index (χ1v) is 4.43. The quantitative estimate of drug-likeness (QED) is 0.666. The summed E-state index contributed by atoms with van der Waals surface area (Å²) in [6, 6.07) is 3.40. The monoisotopic (exact) mass is 220 g/mol. The third-order valence-corrected chi connectivity index (χ3v) is 2.77. The summed E-state index contributed by atoms with van der Waals surface area (Å²) in [5.41, 5.74) is -3.27. The first-order chi connectivity index (χ1) is 6.86. The van der Waals surface area contributed by atoms with Gasteiger partial charge in [0.15, 0.2) is 5.60 Å². The molecule has 1 atom stereocenters. The molecule has 1 unspecified atom stereocenters. The summed E-state index contributed by atoms with van der Waals surface area (Å²) in [6.07, 6.45) is -5.35. The molecular weight excluding hydrogens is 212 g/mol. The molecule has 0 amide bonds. The maximum Gasteiger partial charge on any atom is 0.421 e. The number of hydrogen-bond acceptors (Lipinski definition) is 1. The van der Waals surface area contributed by atoms with Crippen LogP contribution in [0.3, 0.4) is 0 Å². The van der Waals surface area contributed by atoms with Crippen molar-refractivity contribution in [3.05, 3.63) is 35.1 Å². The van der Waals surface area contributed by atoms with Crippen molar-refractivity contribution in [2.45, 2.75) is 24.6 Å². The Kier molecular flexibility index (Phi) is 2.05. The van der Waals surface area contributed by atoms with E-state index in [1.807, 2.05) is 0 Å². The molecule has 1 aliphatic rings. The van der Waals surface area contributed by atoms with E-state index in [-0.39, 0.29) is 17.5 Å². The van der Waals surface area contributed by atoms with Crippen LogP contribution in [0.2, 0.25) is 0 Å². The Hall–Kier alpha value is -1.10. The van der Waals surface area contributed by atoms with Crippen molar-refractivity contribution in [2.75, 3.05) is 0 Å². The molecule has 0 radical (unpaired) electrons. The van der Waals surface area contributed by atoms with E-state index in [4.69, 9.17) is 0 Å². The van der Waals surface area contributed by atoms with E-state index in [1.54, 1.807) is 0 Å². The highest BCUT2D eigenvalue weighted by atomic mass is 19.4. The third-order valence-electron chi connectivity index (χ3n) is 2.77. The topological polar surface area (TPSA) is 20.2 Å². The average Bonchev–Trinajstić information content (AvgIpc) is 2.46. The molecule has 1 aliphatic carbocycles. The Bertz CT molecular complexity index is 399. The second-order valence-electron chi connectivity index (χ2n) is 3.62. The molecule has 0 saturated carbocycles. The normalized spacial score (nSPS) is 25.4. The van der Waals surface area contributed by atoms with Crippen molar-refractivity contribution in [1.29, 1.82) is 0 Å². The van der Waals surface area contributed by atoms with Gasteiger partial charge < -0.3 is 5.11 Å². The SMILES string of the molecule is OC1(C(F)(F)F)CCc2c(F)cccc21. The lowest BCUT2D eigenvalue weighted by atomic mass is 9.95. The molecule has 0 bridgehead atoms. The summed E-state index contributed by atoms with van der Waals surface area (Å²) >= 11 is 0. The zero-order chi connectivity index (χ0) is 11.3. The van der Waals surface area contributed by atoms with Crippen LogP contribution in [-0.4, -0.2) is 11.3 Å². The van der Waals surface area contributed by atoms with Gasteiger partial charge in [0.1, 0.15) is 5.82 Å². The molecule has 1 N–H and O–H groups in total. The van der Waals surface area contributed by atoms with Gasteiger partial charge in [-0.2, -0.15) is 13.2 Å². The van der Waals surface area contributed by atoms with E-state index in [2.05, 4.69) is 0 Å². The van der Waals surface area contributed by atoms with E-state index in [1.165, 1.54) is 6.07 Å². The smallest absolute Gasteiger partial charge is 0.376 e. The van der Waals surface area contributed by atoms with Gasteiger partial charge in [0, 0.05) is 0 Å². The Morgan fingerprint density at radius 3 is 2.53 bits per heavy atom. The fourth-order valence-electron chi connectivity index (χ4n) is 1.94. The van der Waals surface area contributed by atoms with Gasteiger partial charge in [0.05, 0.1) is 0 Å². The molecule has 0 spiro atoms. The lowest BCUT2D eigenvalue weighted by molar-refractivity contribution is -0.265. The van der Waals surface area contributed by atoms with Crippen LogP contribution in [0.15, 0.2) is 18.2 Å². The highest BCUT2D eigenvalue weighted by Crippen LogP contribution is 2.48. The van der Waals surface area contributed by atoms with Crippen LogP contribution in [0.1, 0.15) is 17.5 Å². The van der Waals surface area contributed by atoms with Crippen molar-refractivity contribution in [2.24, 2.45) is 0 Å². The van der Waals surface area contributed by atoms with Gasteiger partial charge in [-0.1, -0.05) is 12.1 Å². The van der Waals surface area contributed by atoms with Gasteiger partial charge in [-0.05, 0) is 30.0 Å². The van der Waals surface area contributed by atoms with Crippen LogP contribution in [0, 0.1) is 5.82 Å². The Morgan fingerprint density at radius 1 is 1.27 bits per heavy atom. The maximum absolute atomic E-state index is 13.1. The molecular formula is C10H8F4O. The molecule has 15 heavy (non-hydrogen) atoms. The van der Waals surface area contributed by atoms with Crippen LogP contribution in [0.25, 0.3) is 0 Å². The second-order valence-corrected chi connectivity index (χ2v) is 3.62. The van der Waals surface area contributed by atoms with Gasteiger partial charge >= 0.3 is 6.18 Å². The molecule has 0 saturated heterocycles. The van der Waals surface area contributed by atoms with E-state index < -0.39 is 24.0 Å². The van der Waals surface area contributed by atoms with Crippen molar-refractivity contribution >= 4 is 0 Å². The first-order valence-electron chi connectivity index (χ1n) is 4.43. The van der Waals surface area contributed by atoms with Crippen molar-refractivity contribution in [3.63, 3.8) is 0 Å². The van der Waals surface area contributed by atoms with E-state index in [0.29, 0.717) is 0 Å². The number of aliphatic hydroxyl groups is 1. The lowest BCUT2D eigenvalue weighted by Crippen LogP contribution is -2.40. The van der Waals surface area contributed by atoms with Crippen molar-refractivity contribution in [3.8, 4) is 0 Å². The number of benzene rings is 1. The largest absolute Gasteiger partial charge is 0.421 e. The minimum Gasteiger partial charge on any atom is -0.376 e. The van der Waals surface area contributed by atoms with Crippen LogP contribution in [0.5, 0.6) is 0 Å². The number of hydrogen-bond donors (Lipinski definition) is 1. The minimum atomic E-state index is -4.76. The number of alkyl halides is 3. The highest BCUT2D eigenvalue weighted by Gasteiger charge is 2.58. The van der Waals surface area contributed by atoms with Crippen molar-refractivity contribution in [1.82, 2.24) is 0 Å². The Labute approximate surface area is 83.3 Å². The fourth-order valence-corrected chi connectivity index (χ4v) is 1.94. The number of rotatable bonds is 0. The molecule has 0 fully saturated rings. The average molecular weight is 220 g/mol. The van der Waals surface area contributed by atoms with E-state index in [9.17, 15) is 22.7 Å². The zero-order valence-corrected chi connectivity index (χ0v) is 7.61. The molecule has 1 nitrogen and oxygen atoms in total. The molecule has 82 valence electrons. The molecule has 1 aromatic rings. The van der Waals surface area contributed by atoms with Gasteiger partial charge in [0.2, 0.25) is 0 Å². The predicted octanol–water partition coefficient (Wildman–Crippen LogP) is 2.52. The molecule has 0 aromatic heterocycles. The minimum absolute atomic E-state index is 0.0303. The summed E-state index contributed by atoms with van der Waals surface area (Å²) in [5, 5.41) is 9.51. The molecule has 5 heteroatoms. The molecule has 2 rings (SSSR count). The van der Waals surface area contributed by atoms with E-state index >= 15 is 0 Å². The summed E-state index contributed by atoms with van der Waals surface area (Å²) in [5.74, 6) is -0.687. The van der Waals surface area contributed by atoms with Crippen LogP contribution >= 0.6 is 0 Å². The van der Waals surface area contributed by atoms with Gasteiger partial charge in [-0.25, -0.2) is 4.39 Å². The molecule has 0 aliphatic heterocycles. The van der Waals surface area contributed by atoms with Crippen LogP contribution in [-0.2, 0) is 12.0 Å². The van der Waals surface area contributed by atoms with Crippen LogP contribution in [0.4, 0.5) is 17.6 Å². The summed E-state index contributed by atoms with van der Waals surface area (Å²) in [6.45, 7) is 0. The van der Waals surface area contributed by atoms with Gasteiger partial charge in [-0.3, -0.25) is 0 Å². The number of fused-ring (bicyclic) bond motifs is 1. The standard InChI is InChI=1S/C10H8F4O/c11-8-3-1-2-7-6(8)4-5-9(7,15)10(12,13)14/h1-3,15H,4-5H2. The molecule has 1 aromatic carbocycles. The fraction of sp³-hybridized carbons (Fsp3) is 0.400. The Balaban J connectivity index is 2.58. The zero-order valence-electron chi connectivity index (χ0n) is 7.61. The van der Waals surface area contributed by atoms with E-state index in [0.717, 1.165) is 12.1 Å². The summed E-state index contributed by atoms with van der Waals surface area (Å²) in [7, 11) is 0. The van der Waals surface area contributed by atoms with Gasteiger partial charge in [0.25, 0.3) is 0 Å². The van der Waals surface area contributed by atoms with Crippen molar-refractivity contribution < 1.29 is 22.7 Å².